The second-order valence-electron chi connectivity index (χ2n) is 4.35. The Morgan fingerprint density at radius 2 is 1.95 bits per heavy atom. The van der Waals surface area contributed by atoms with Gasteiger partial charge in [0.15, 0.2) is 0 Å². The summed E-state index contributed by atoms with van der Waals surface area (Å²) in [5.41, 5.74) is 0.849. The fourth-order valence-corrected chi connectivity index (χ4v) is 2.71. The van der Waals surface area contributed by atoms with E-state index in [1.807, 2.05) is 0 Å². The van der Waals surface area contributed by atoms with E-state index in [4.69, 9.17) is 16.3 Å². The normalized spacial score (nSPS) is 10.3. The summed E-state index contributed by atoms with van der Waals surface area (Å²) in [6.07, 6.45) is 0. The van der Waals surface area contributed by atoms with Crippen molar-refractivity contribution in [2.75, 3.05) is 25.6 Å². The Kier molecular flexibility index (Phi) is 5.94. The lowest BCUT2D eigenvalue weighted by Crippen LogP contribution is -2.28. The molecule has 0 fully saturated rings. The van der Waals surface area contributed by atoms with Crippen molar-refractivity contribution < 1.29 is 14.3 Å². The SMILES string of the molecule is COCCNC(=O)c1ccccc1NC(=O)c1ccc(Cl)s1. The molecule has 0 bridgehead atoms. The Balaban J connectivity index is 2.11. The highest BCUT2D eigenvalue weighted by Crippen LogP contribution is 2.23. The smallest absolute Gasteiger partial charge is 0.265 e. The summed E-state index contributed by atoms with van der Waals surface area (Å²) < 4.78 is 5.43. The first-order chi connectivity index (χ1) is 10.6. The molecule has 1 aromatic carbocycles. The quantitative estimate of drug-likeness (QED) is 0.795. The lowest BCUT2D eigenvalue weighted by Gasteiger charge is -2.10. The summed E-state index contributed by atoms with van der Waals surface area (Å²) in [6, 6.07) is 10.1. The first-order valence-corrected chi connectivity index (χ1v) is 7.74. The fraction of sp³-hybridized carbons (Fsp3) is 0.200. The van der Waals surface area contributed by atoms with Crippen LogP contribution in [0.2, 0.25) is 4.34 Å². The second-order valence-corrected chi connectivity index (χ2v) is 6.07. The molecule has 22 heavy (non-hydrogen) atoms. The molecular formula is C15H15ClN2O3S. The van der Waals surface area contributed by atoms with Crippen LogP contribution >= 0.6 is 22.9 Å². The number of rotatable bonds is 6. The van der Waals surface area contributed by atoms with Crippen molar-refractivity contribution in [3.63, 3.8) is 0 Å². The average Bonchev–Trinajstić information content (AvgIpc) is 2.94. The van der Waals surface area contributed by atoms with Gasteiger partial charge < -0.3 is 15.4 Å². The zero-order chi connectivity index (χ0) is 15.9. The van der Waals surface area contributed by atoms with Crippen LogP contribution in [0, 0.1) is 0 Å². The predicted molar refractivity (Wildman–Crippen MR) is 87.9 cm³/mol. The van der Waals surface area contributed by atoms with Gasteiger partial charge in [-0.05, 0) is 24.3 Å². The van der Waals surface area contributed by atoms with E-state index in [-0.39, 0.29) is 11.8 Å². The Bertz CT molecular complexity index is 672. The van der Waals surface area contributed by atoms with E-state index < -0.39 is 0 Å². The molecule has 2 aromatic rings. The number of hydrogen-bond donors (Lipinski definition) is 2. The van der Waals surface area contributed by atoms with Crippen LogP contribution in [0.1, 0.15) is 20.0 Å². The molecule has 0 aliphatic carbocycles. The third-order valence-corrected chi connectivity index (χ3v) is 4.04. The van der Waals surface area contributed by atoms with Crippen LogP contribution < -0.4 is 10.6 Å². The molecule has 0 aliphatic rings. The molecule has 1 aromatic heterocycles. The van der Waals surface area contributed by atoms with Gasteiger partial charge in [0.25, 0.3) is 11.8 Å². The van der Waals surface area contributed by atoms with E-state index in [0.717, 1.165) is 0 Å². The first-order valence-electron chi connectivity index (χ1n) is 6.54. The molecule has 0 radical (unpaired) electrons. The molecule has 2 N–H and O–H groups in total. The molecule has 0 saturated heterocycles. The topological polar surface area (TPSA) is 67.4 Å². The number of hydrogen-bond acceptors (Lipinski definition) is 4. The minimum absolute atomic E-state index is 0.267. The van der Waals surface area contributed by atoms with Crippen molar-refractivity contribution in [2.45, 2.75) is 0 Å². The molecule has 5 nitrogen and oxygen atoms in total. The maximum absolute atomic E-state index is 12.2. The van der Waals surface area contributed by atoms with Gasteiger partial charge in [-0.1, -0.05) is 23.7 Å². The van der Waals surface area contributed by atoms with Gasteiger partial charge in [-0.25, -0.2) is 0 Å². The van der Waals surface area contributed by atoms with Crippen molar-refractivity contribution in [1.29, 1.82) is 0 Å². The zero-order valence-corrected chi connectivity index (χ0v) is 13.5. The van der Waals surface area contributed by atoms with Crippen LogP contribution in [0.25, 0.3) is 0 Å². The summed E-state index contributed by atoms with van der Waals surface area (Å²) in [4.78, 5) is 24.8. The number of anilines is 1. The van der Waals surface area contributed by atoms with Crippen LogP contribution in [0.4, 0.5) is 5.69 Å². The van der Waals surface area contributed by atoms with E-state index in [2.05, 4.69) is 10.6 Å². The Labute approximate surface area is 137 Å². The fourth-order valence-electron chi connectivity index (χ4n) is 1.77. The molecule has 2 amide bonds. The number of para-hydroxylation sites is 1. The number of thiophene rings is 1. The Hall–Kier alpha value is -1.89. The number of carbonyl (C=O) groups excluding carboxylic acids is 2. The first kappa shape index (κ1) is 16.5. The lowest BCUT2D eigenvalue weighted by atomic mass is 10.1. The third-order valence-electron chi connectivity index (χ3n) is 2.81. The minimum atomic E-state index is -0.297. The molecule has 7 heteroatoms. The highest BCUT2D eigenvalue weighted by Gasteiger charge is 2.14. The van der Waals surface area contributed by atoms with Gasteiger partial charge in [0.1, 0.15) is 0 Å². The van der Waals surface area contributed by atoms with Gasteiger partial charge in [0.05, 0.1) is 27.1 Å². The minimum Gasteiger partial charge on any atom is -0.383 e. The molecule has 0 aliphatic heterocycles. The summed E-state index contributed by atoms with van der Waals surface area (Å²) in [5.74, 6) is -0.564. The molecule has 0 atom stereocenters. The lowest BCUT2D eigenvalue weighted by molar-refractivity contribution is 0.0938. The van der Waals surface area contributed by atoms with Gasteiger partial charge in [0, 0.05) is 13.7 Å². The van der Waals surface area contributed by atoms with Gasteiger partial charge >= 0.3 is 0 Å². The zero-order valence-electron chi connectivity index (χ0n) is 11.9. The molecule has 0 spiro atoms. The number of carbonyl (C=O) groups is 2. The number of benzene rings is 1. The van der Waals surface area contributed by atoms with Gasteiger partial charge in [0.2, 0.25) is 0 Å². The maximum atomic E-state index is 12.2. The molecule has 2 rings (SSSR count). The van der Waals surface area contributed by atoms with Crippen LogP contribution in [-0.2, 0) is 4.74 Å². The summed E-state index contributed by atoms with van der Waals surface area (Å²) >= 11 is 7.01. The number of halogens is 1. The van der Waals surface area contributed by atoms with Gasteiger partial charge in [-0.2, -0.15) is 0 Å². The highest BCUT2D eigenvalue weighted by molar-refractivity contribution is 7.18. The van der Waals surface area contributed by atoms with Gasteiger partial charge in [-0.3, -0.25) is 9.59 Å². The average molecular weight is 339 g/mol. The summed E-state index contributed by atoms with van der Waals surface area (Å²) in [5, 5.41) is 5.46. The number of ether oxygens (including phenoxy) is 1. The number of nitrogens with one attached hydrogen (secondary N) is 2. The standard InChI is InChI=1S/C15H15ClN2O3S/c1-21-9-8-17-14(19)10-4-2-3-5-11(10)18-15(20)12-6-7-13(16)22-12/h2-7H,8-9H2,1H3,(H,17,19)(H,18,20). The van der Waals surface area contributed by atoms with Crippen molar-refractivity contribution >= 4 is 40.4 Å². The summed E-state index contributed by atoms with van der Waals surface area (Å²) in [6.45, 7) is 0.826. The maximum Gasteiger partial charge on any atom is 0.265 e. The van der Waals surface area contributed by atoms with Crippen molar-refractivity contribution in [3.05, 3.63) is 51.2 Å². The van der Waals surface area contributed by atoms with Crippen LogP contribution in [-0.4, -0.2) is 32.1 Å². The number of amides is 2. The van der Waals surface area contributed by atoms with Crippen molar-refractivity contribution in [3.8, 4) is 0 Å². The highest BCUT2D eigenvalue weighted by atomic mass is 35.5. The van der Waals surface area contributed by atoms with Gasteiger partial charge in [-0.15, -0.1) is 11.3 Å². The molecule has 0 saturated carbocycles. The van der Waals surface area contributed by atoms with Crippen LogP contribution in [0.5, 0.6) is 0 Å². The van der Waals surface area contributed by atoms with E-state index >= 15 is 0 Å². The number of methoxy groups -OCH3 is 1. The van der Waals surface area contributed by atoms with E-state index in [0.29, 0.717) is 33.6 Å². The molecule has 0 unspecified atom stereocenters. The second kappa shape index (κ2) is 7.93. The Morgan fingerprint density at radius 1 is 1.18 bits per heavy atom. The van der Waals surface area contributed by atoms with Crippen LogP contribution in [0.3, 0.4) is 0 Å². The van der Waals surface area contributed by atoms with Crippen molar-refractivity contribution in [2.24, 2.45) is 0 Å². The Morgan fingerprint density at radius 3 is 2.64 bits per heavy atom. The van der Waals surface area contributed by atoms with Crippen molar-refractivity contribution in [1.82, 2.24) is 5.32 Å². The van der Waals surface area contributed by atoms with Crippen LogP contribution in [0.15, 0.2) is 36.4 Å². The van der Waals surface area contributed by atoms with E-state index in [9.17, 15) is 9.59 Å². The predicted octanol–water partition coefficient (Wildman–Crippen LogP) is 3.03. The third kappa shape index (κ3) is 4.30. The molecular weight excluding hydrogens is 324 g/mol. The van der Waals surface area contributed by atoms with E-state index in [1.54, 1.807) is 43.5 Å². The molecule has 1 heterocycles. The monoisotopic (exact) mass is 338 g/mol. The largest absolute Gasteiger partial charge is 0.383 e. The molecule has 116 valence electrons. The summed E-state index contributed by atoms with van der Waals surface area (Å²) in [7, 11) is 1.56. The van der Waals surface area contributed by atoms with E-state index in [1.165, 1.54) is 11.3 Å².